The predicted octanol–water partition coefficient (Wildman–Crippen LogP) is 5.13. The van der Waals surface area contributed by atoms with Crippen LogP contribution in [0.25, 0.3) is 12.2 Å². The molecular formula is C22H22ClNO2. The van der Waals surface area contributed by atoms with Crippen LogP contribution in [0.15, 0.2) is 36.4 Å². The van der Waals surface area contributed by atoms with Gasteiger partial charge in [0.1, 0.15) is 0 Å². The van der Waals surface area contributed by atoms with E-state index < -0.39 is 0 Å². The molecule has 26 heavy (non-hydrogen) atoms. The number of fused-ring (bicyclic) bond motifs is 2. The van der Waals surface area contributed by atoms with E-state index in [4.69, 9.17) is 16.3 Å². The molecule has 1 heterocycles. The Morgan fingerprint density at radius 1 is 1.19 bits per heavy atom. The van der Waals surface area contributed by atoms with Gasteiger partial charge in [0.05, 0.1) is 12.2 Å². The summed E-state index contributed by atoms with van der Waals surface area (Å²) in [7, 11) is 1.76. The molecule has 2 aliphatic rings. The minimum absolute atomic E-state index is 0.0314. The van der Waals surface area contributed by atoms with E-state index in [1.54, 1.807) is 14.0 Å². The van der Waals surface area contributed by atoms with E-state index in [-0.39, 0.29) is 5.91 Å². The third-order valence-corrected chi connectivity index (χ3v) is 5.57. The fourth-order valence-electron chi connectivity index (χ4n) is 3.83. The number of halogens is 1. The molecule has 3 nitrogen and oxygen atoms in total. The van der Waals surface area contributed by atoms with Crippen molar-refractivity contribution < 1.29 is 9.53 Å². The Morgan fingerprint density at radius 3 is 2.77 bits per heavy atom. The molecule has 0 radical (unpaired) electrons. The SMILES string of the molecule is COC[C@@H]1C[C@H]1c1ccc2c(c1)CN(C(C)=O)c1ccc(Cl)cc1C=C2. The molecule has 1 aliphatic heterocycles. The number of hydrogen-bond donors (Lipinski definition) is 0. The lowest BCUT2D eigenvalue weighted by Gasteiger charge is -2.26. The first-order chi connectivity index (χ1) is 12.6. The zero-order valence-electron chi connectivity index (χ0n) is 15.0. The van der Waals surface area contributed by atoms with Crippen molar-refractivity contribution in [3.05, 3.63) is 63.7 Å². The number of amides is 1. The number of rotatable bonds is 3. The van der Waals surface area contributed by atoms with Crippen LogP contribution < -0.4 is 4.90 Å². The van der Waals surface area contributed by atoms with Gasteiger partial charge in [-0.2, -0.15) is 0 Å². The van der Waals surface area contributed by atoms with E-state index in [0.717, 1.165) is 23.4 Å². The standard InChI is InChI=1S/C22H22ClNO2/c1-14(25)24-12-18-9-16(21-11-19(21)13-26-2)5-3-15(18)4-6-17-10-20(23)7-8-22(17)24/h3-10,19,21H,11-13H2,1-2H3/t19-,21-/m0/s1. The minimum atomic E-state index is 0.0314. The molecule has 4 rings (SSSR count). The van der Waals surface area contributed by atoms with Crippen LogP contribution in [0.1, 0.15) is 41.5 Å². The van der Waals surface area contributed by atoms with E-state index in [2.05, 4.69) is 24.3 Å². The molecule has 0 bridgehead atoms. The van der Waals surface area contributed by atoms with Gasteiger partial charge in [0.2, 0.25) is 5.91 Å². The number of nitrogens with zero attached hydrogens (tertiary/aromatic N) is 1. The smallest absolute Gasteiger partial charge is 0.224 e. The Bertz CT molecular complexity index is 890. The van der Waals surface area contributed by atoms with Crippen molar-refractivity contribution in [1.29, 1.82) is 0 Å². The molecule has 0 spiro atoms. The van der Waals surface area contributed by atoms with Crippen molar-refractivity contribution in [2.24, 2.45) is 5.92 Å². The maximum Gasteiger partial charge on any atom is 0.224 e. The van der Waals surface area contributed by atoms with Crippen LogP contribution in [0.3, 0.4) is 0 Å². The van der Waals surface area contributed by atoms with Crippen LogP contribution in [-0.2, 0) is 16.1 Å². The summed E-state index contributed by atoms with van der Waals surface area (Å²) in [4.78, 5) is 14.2. The highest BCUT2D eigenvalue weighted by Crippen LogP contribution is 2.48. The van der Waals surface area contributed by atoms with Crippen molar-refractivity contribution in [1.82, 2.24) is 0 Å². The monoisotopic (exact) mass is 367 g/mol. The lowest BCUT2D eigenvalue weighted by molar-refractivity contribution is -0.116. The Morgan fingerprint density at radius 2 is 2.00 bits per heavy atom. The molecule has 1 aliphatic carbocycles. The highest BCUT2D eigenvalue weighted by molar-refractivity contribution is 6.30. The van der Waals surface area contributed by atoms with Crippen molar-refractivity contribution in [3.8, 4) is 0 Å². The number of benzene rings is 2. The Balaban J connectivity index is 1.73. The van der Waals surface area contributed by atoms with E-state index in [1.165, 1.54) is 17.5 Å². The fraction of sp³-hybridized carbons (Fsp3) is 0.318. The minimum Gasteiger partial charge on any atom is -0.384 e. The lowest BCUT2D eigenvalue weighted by Crippen LogP contribution is -2.29. The summed E-state index contributed by atoms with van der Waals surface area (Å²) in [5.74, 6) is 1.23. The second kappa shape index (κ2) is 6.90. The Labute approximate surface area is 159 Å². The highest BCUT2D eigenvalue weighted by Gasteiger charge is 2.38. The predicted molar refractivity (Wildman–Crippen MR) is 106 cm³/mol. The molecule has 2 aromatic carbocycles. The van der Waals surface area contributed by atoms with Gasteiger partial charge in [-0.25, -0.2) is 0 Å². The number of methoxy groups -OCH3 is 1. The molecule has 2 atom stereocenters. The first-order valence-electron chi connectivity index (χ1n) is 8.94. The largest absolute Gasteiger partial charge is 0.384 e. The Kier molecular flexibility index (Phi) is 4.60. The first-order valence-corrected chi connectivity index (χ1v) is 9.32. The summed E-state index contributed by atoms with van der Waals surface area (Å²) in [5, 5.41) is 0.672. The molecule has 2 aromatic rings. The number of hydrogen-bond acceptors (Lipinski definition) is 2. The van der Waals surface area contributed by atoms with Gasteiger partial charge in [-0.15, -0.1) is 0 Å². The second-order valence-corrected chi connectivity index (χ2v) is 7.59. The maximum atomic E-state index is 12.3. The Hall–Kier alpha value is -2.10. The van der Waals surface area contributed by atoms with E-state index in [0.29, 0.717) is 23.4 Å². The van der Waals surface area contributed by atoms with Gasteiger partial charge in [0.15, 0.2) is 0 Å². The molecule has 0 aromatic heterocycles. The molecule has 0 unspecified atom stereocenters. The summed E-state index contributed by atoms with van der Waals surface area (Å²) in [6.07, 6.45) is 5.34. The molecular weight excluding hydrogens is 346 g/mol. The fourth-order valence-corrected chi connectivity index (χ4v) is 4.01. The van der Waals surface area contributed by atoms with Gasteiger partial charge in [-0.05, 0) is 58.7 Å². The van der Waals surface area contributed by atoms with E-state index in [9.17, 15) is 4.79 Å². The molecule has 0 saturated heterocycles. The average molecular weight is 368 g/mol. The van der Waals surface area contributed by atoms with Crippen LogP contribution >= 0.6 is 11.6 Å². The summed E-state index contributed by atoms with van der Waals surface area (Å²) >= 11 is 6.15. The van der Waals surface area contributed by atoms with Crippen LogP contribution in [0.2, 0.25) is 5.02 Å². The van der Waals surface area contributed by atoms with Gasteiger partial charge in [0, 0.05) is 25.7 Å². The lowest BCUT2D eigenvalue weighted by atomic mass is 9.97. The topological polar surface area (TPSA) is 29.5 Å². The maximum absolute atomic E-state index is 12.3. The molecule has 1 fully saturated rings. The second-order valence-electron chi connectivity index (χ2n) is 7.16. The number of carbonyl (C=O) groups excluding carboxylic acids is 1. The van der Waals surface area contributed by atoms with Crippen molar-refractivity contribution in [2.75, 3.05) is 18.6 Å². The molecule has 4 heteroatoms. The normalized spacial score (nSPS) is 20.8. The van der Waals surface area contributed by atoms with Crippen LogP contribution in [0.4, 0.5) is 5.69 Å². The number of carbonyl (C=O) groups is 1. The van der Waals surface area contributed by atoms with E-state index >= 15 is 0 Å². The third kappa shape index (κ3) is 3.29. The molecule has 134 valence electrons. The molecule has 0 N–H and O–H groups in total. The van der Waals surface area contributed by atoms with Crippen LogP contribution in [-0.4, -0.2) is 19.6 Å². The van der Waals surface area contributed by atoms with Crippen molar-refractivity contribution >= 4 is 35.3 Å². The summed E-state index contributed by atoms with van der Waals surface area (Å²) in [6.45, 7) is 3.00. The van der Waals surface area contributed by atoms with Gasteiger partial charge in [-0.1, -0.05) is 42.0 Å². The van der Waals surface area contributed by atoms with Gasteiger partial charge in [0.25, 0.3) is 0 Å². The summed E-state index contributed by atoms with van der Waals surface area (Å²) in [5.41, 5.74) is 5.54. The molecule has 1 saturated carbocycles. The number of anilines is 1. The highest BCUT2D eigenvalue weighted by atomic mass is 35.5. The zero-order chi connectivity index (χ0) is 18.3. The average Bonchev–Trinajstić information content (AvgIpc) is 3.36. The van der Waals surface area contributed by atoms with Gasteiger partial charge in [-0.3, -0.25) is 4.79 Å². The van der Waals surface area contributed by atoms with Gasteiger partial charge < -0.3 is 9.64 Å². The molecule has 1 amide bonds. The van der Waals surface area contributed by atoms with Gasteiger partial charge >= 0.3 is 0 Å². The van der Waals surface area contributed by atoms with Crippen LogP contribution in [0.5, 0.6) is 0 Å². The number of ether oxygens (including phenoxy) is 1. The third-order valence-electron chi connectivity index (χ3n) is 5.33. The van der Waals surface area contributed by atoms with E-state index in [1.807, 2.05) is 29.2 Å². The quantitative estimate of drug-likeness (QED) is 0.752. The zero-order valence-corrected chi connectivity index (χ0v) is 15.8. The first kappa shape index (κ1) is 17.3. The summed E-state index contributed by atoms with van der Waals surface area (Å²) in [6, 6.07) is 12.3. The van der Waals surface area contributed by atoms with Crippen molar-refractivity contribution in [2.45, 2.75) is 25.8 Å². The van der Waals surface area contributed by atoms with Crippen LogP contribution in [0, 0.1) is 5.92 Å². The van der Waals surface area contributed by atoms with Crippen molar-refractivity contribution in [3.63, 3.8) is 0 Å². The summed E-state index contributed by atoms with van der Waals surface area (Å²) < 4.78 is 5.29.